The van der Waals surface area contributed by atoms with Gasteiger partial charge in [-0.2, -0.15) is 5.10 Å². The number of hydrogen-bond donors (Lipinski definition) is 4. The van der Waals surface area contributed by atoms with Gasteiger partial charge < -0.3 is 30.6 Å². The summed E-state index contributed by atoms with van der Waals surface area (Å²) in [7, 11) is 2.22. The number of nitrogen functional groups attached to an aromatic ring is 1. The number of aliphatic carboxylic acids is 2. The molecule has 1 aromatic carbocycles. The van der Waals surface area contributed by atoms with Crippen molar-refractivity contribution < 1.29 is 24.2 Å². The highest BCUT2D eigenvalue weighted by Crippen LogP contribution is 2.37. The number of anilines is 2. The molecule has 0 radical (unpaired) electrons. The number of nitrogens with zero attached hydrogens (tertiary/aromatic N) is 6. The minimum Gasteiger partial charge on any atom is -0.481 e. The Morgan fingerprint density at radius 3 is 2.11 bits per heavy atom. The number of nitrogens with one attached hydrogen (secondary N) is 1. The number of piperazine rings is 1. The average molecular weight is 621 g/mol. The second-order valence-electron chi connectivity index (χ2n) is 11.5. The van der Waals surface area contributed by atoms with Gasteiger partial charge in [-0.15, -0.1) is 0 Å². The van der Waals surface area contributed by atoms with Crippen molar-refractivity contribution in [3.8, 4) is 11.3 Å². The Labute approximate surface area is 263 Å². The van der Waals surface area contributed by atoms with Crippen molar-refractivity contribution in [2.45, 2.75) is 65.1 Å². The lowest BCUT2D eigenvalue weighted by Gasteiger charge is -2.41. The lowest BCUT2D eigenvalue weighted by Crippen LogP contribution is -2.49. The maximum absolute atomic E-state index is 9.00. The molecule has 13 heteroatoms. The van der Waals surface area contributed by atoms with Gasteiger partial charge in [0.15, 0.2) is 5.65 Å². The van der Waals surface area contributed by atoms with E-state index in [0.29, 0.717) is 24.4 Å². The van der Waals surface area contributed by atoms with Gasteiger partial charge in [0, 0.05) is 57.3 Å². The molecule has 1 aliphatic carbocycles. The van der Waals surface area contributed by atoms with E-state index in [2.05, 4.69) is 61.1 Å². The Morgan fingerprint density at radius 1 is 0.933 bits per heavy atom. The lowest BCUT2D eigenvalue weighted by atomic mass is 9.90. The molecule has 0 unspecified atom stereocenters. The molecule has 1 saturated carbocycles. The molecule has 1 saturated heterocycles. The highest BCUT2D eigenvalue weighted by atomic mass is 16.4. The summed E-state index contributed by atoms with van der Waals surface area (Å²) in [4.78, 5) is 32.0. The number of hydrogen-bond acceptors (Lipinski definition) is 10. The molecule has 6 rings (SSSR count). The fourth-order valence-electron chi connectivity index (χ4n) is 5.82. The lowest BCUT2D eigenvalue weighted by molar-refractivity contribution is -0.135. The first-order valence-corrected chi connectivity index (χ1v) is 15.2. The number of aromatic nitrogens is 4. The quantitative estimate of drug-likeness (QED) is 0.238. The Balaban J connectivity index is 0.000000518. The van der Waals surface area contributed by atoms with Crippen LogP contribution in [0.2, 0.25) is 0 Å². The SMILES string of the molecule is CC(=O)O.CC(=O)O.Cc1ccc(CNc2ccc(-c3nn(C4CCC(N5CCN(C)CC5)CC4)c4ncnc(N)c34)cc2)o1. The number of benzene rings is 1. The van der Waals surface area contributed by atoms with Gasteiger partial charge >= 0.3 is 0 Å². The Kier molecular flexibility index (Phi) is 11.5. The Hall–Kier alpha value is -4.49. The van der Waals surface area contributed by atoms with Crippen molar-refractivity contribution >= 4 is 34.5 Å². The highest BCUT2D eigenvalue weighted by molar-refractivity contribution is 5.98. The van der Waals surface area contributed by atoms with Crippen LogP contribution in [0, 0.1) is 6.92 Å². The summed E-state index contributed by atoms with van der Waals surface area (Å²) in [5.74, 6) is 0.647. The fourth-order valence-corrected chi connectivity index (χ4v) is 5.82. The van der Waals surface area contributed by atoms with E-state index in [1.165, 1.54) is 39.0 Å². The maximum Gasteiger partial charge on any atom is 0.300 e. The second kappa shape index (κ2) is 15.5. The summed E-state index contributed by atoms with van der Waals surface area (Å²) in [6, 6.07) is 13.3. The molecule has 2 aliphatic rings. The van der Waals surface area contributed by atoms with E-state index in [4.69, 9.17) is 35.1 Å². The van der Waals surface area contributed by atoms with Crippen LogP contribution in [0.25, 0.3) is 22.3 Å². The van der Waals surface area contributed by atoms with Crippen LogP contribution in [0.15, 0.2) is 47.1 Å². The predicted octanol–water partition coefficient (Wildman–Crippen LogP) is 4.50. The van der Waals surface area contributed by atoms with Crippen LogP contribution in [-0.2, 0) is 16.1 Å². The van der Waals surface area contributed by atoms with Crippen LogP contribution in [0.5, 0.6) is 0 Å². The van der Waals surface area contributed by atoms with Crippen molar-refractivity contribution in [2.75, 3.05) is 44.3 Å². The van der Waals surface area contributed by atoms with Gasteiger partial charge in [0.2, 0.25) is 0 Å². The second-order valence-corrected chi connectivity index (χ2v) is 11.5. The number of rotatable bonds is 6. The number of carboxylic acid groups (broad SMARTS) is 2. The first-order chi connectivity index (χ1) is 21.5. The summed E-state index contributed by atoms with van der Waals surface area (Å²) in [5.41, 5.74) is 10.1. The van der Waals surface area contributed by atoms with Crippen LogP contribution in [-0.4, -0.2) is 91.0 Å². The molecular weight excluding hydrogens is 576 g/mol. The molecule has 0 atom stereocenters. The summed E-state index contributed by atoms with van der Waals surface area (Å²) >= 11 is 0. The number of nitrogens with two attached hydrogens (primary N) is 1. The normalized spacial score (nSPS) is 18.8. The molecule has 13 nitrogen and oxygen atoms in total. The van der Waals surface area contributed by atoms with E-state index >= 15 is 0 Å². The molecule has 0 bridgehead atoms. The van der Waals surface area contributed by atoms with E-state index in [1.807, 2.05) is 19.1 Å². The van der Waals surface area contributed by atoms with Crippen molar-refractivity contribution in [2.24, 2.45) is 0 Å². The molecule has 2 fully saturated rings. The Morgan fingerprint density at radius 2 is 1.53 bits per heavy atom. The van der Waals surface area contributed by atoms with E-state index in [0.717, 1.165) is 66.2 Å². The Bertz CT molecular complexity index is 1530. The van der Waals surface area contributed by atoms with Crippen molar-refractivity contribution in [3.63, 3.8) is 0 Å². The van der Waals surface area contributed by atoms with E-state index in [1.54, 1.807) is 6.33 Å². The molecule has 4 aromatic rings. The van der Waals surface area contributed by atoms with Gasteiger partial charge in [-0.1, -0.05) is 12.1 Å². The van der Waals surface area contributed by atoms with Crippen molar-refractivity contribution in [1.82, 2.24) is 29.5 Å². The first kappa shape index (κ1) is 33.4. The summed E-state index contributed by atoms with van der Waals surface area (Å²) in [6.45, 7) is 9.45. The molecule has 3 aromatic heterocycles. The average Bonchev–Trinajstić information content (AvgIpc) is 3.61. The monoisotopic (exact) mass is 620 g/mol. The van der Waals surface area contributed by atoms with Gasteiger partial charge in [0.05, 0.1) is 18.0 Å². The van der Waals surface area contributed by atoms with E-state index in [9.17, 15) is 0 Å². The van der Waals surface area contributed by atoms with Crippen LogP contribution >= 0.6 is 0 Å². The van der Waals surface area contributed by atoms with Gasteiger partial charge in [0.25, 0.3) is 11.9 Å². The van der Waals surface area contributed by atoms with Crippen LogP contribution in [0.3, 0.4) is 0 Å². The number of likely N-dealkylation sites (N-methyl/N-ethyl adjacent to an activating group) is 1. The fraction of sp³-hybridized carbons (Fsp3) is 0.469. The standard InChI is InChI=1S/C28H36N8O.2C2H4O2/c1-19-3-12-24(37-19)17-30-21-6-4-20(5-7-21)26-25-27(29)31-18-32-28(25)36(33-26)23-10-8-22(9-11-23)35-15-13-34(2)14-16-35;2*1-2(3)4/h3-7,12,18,22-23,30H,8-11,13-17H2,1-2H3,(H2,29,31,32);2*1H3,(H,3,4). The highest BCUT2D eigenvalue weighted by Gasteiger charge is 2.30. The zero-order valence-electron chi connectivity index (χ0n) is 26.4. The first-order valence-electron chi connectivity index (χ1n) is 15.2. The van der Waals surface area contributed by atoms with Crippen molar-refractivity contribution in [3.05, 3.63) is 54.2 Å². The van der Waals surface area contributed by atoms with Gasteiger partial charge in [-0.25, -0.2) is 14.6 Å². The van der Waals surface area contributed by atoms with Crippen LogP contribution in [0.4, 0.5) is 11.5 Å². The zero-order chi connectivity index (χ0) is 32.5. The van der Waals surface area contributed by atoms with Gasteiger partial charge in [-0.3, -0.25) is 14.5 Å². The van der Waals surface area contributed by atoms with Gasteiger partial charge in [-0.05, 0) is 63.9 Å². The number of aryl methyl sites for hydroxylation is 1. The molecule has 5 N–H and O–H groups in total. The van der Waals surface area contributed by atoms with E-state index in [-0.39, 0.29) is 0 Å². The summed E-state index contributed by atoms with van der Waals surface area (Å²) in [6.07, 6.45) is 6.15. The maximum atomic E-state index is 9.00. The van der Waals surface area contributed by atoms with Crippen LogP contribution < -0.4 is 11.1 Å². The number of fused-ring (bicyclic) bond motifs is 1. The van der Waals surface area contributed by atoms with Crippen LogP contribution in [0.1, 0.15) is 57.1 Å². The minimum atomic E-state index is -0.833. The van der Waals surface area contributed by atoms with E-state index < -0.39 is 11.9 Å². The molecule has 242 valence electrons. The molecule has 0 amide bonds. The van der Waals surface area contributed by atoms with Gasteiger partial charge in [0.1, 0.15) is 29.4 Å². The third-order valence-corrected chi connectivity index (χ3v) is 8.01. The number of furan rings is 1. The number of carbonyl (C=O) groups is 2. The third-order valence-electron chi connectivity index (χ3n) is 8.01. The molecule has 1 aliphatic heterocycles. The molecular formula is C32H44N8O5. The largest absolute Gasteiger partial charge is 0.481 e. The van der Waals surface area contributed by atoms with Crippen molar-refractivity contribution in [1.29, 1.82) is 0 Å². The smallest absolute Gasteiger partial charge is 0.300 e. The summed E-state index contributed by atoms with van der Waals surface area (Å²) < 4.78 is 7.78. The third kappa shape index (κ3) is 9.25. The minimum absolute atomic E-state index is 0.326. The topological polar surface area (TPSA) is 176 Å². The summed E-state index contributed by atoms with van der Waals surface area (Å²) in [5, 5.41) is 24.2. The predicted molar refractivity (Wildman–Crippen MR) is 173 cm³/mol. The number of carboxylic acids is 2. The molecule has 45 heavy (non-hydrogen) atoms. The molecule has 4 heterocycles. The molecule has 0 spiro atoms. The zero-order valence-corrected chi connectivity index (χ0v) is 26.4.